The first-order valence-electron chi connectivity index (χ1n) is 5.83. The third-order valence-corrected chi connectivity index (χ3v) is 3.82. The Bertz CT molecular complexity index is 645. The van der Waals surface area contributed by atoms with Gasteiger partial charge in [0.15, 0.2) is 0 Å². The lowest BCUT2D eigenvalue weighted by atomic mass is 10.6. The van der Waals surface area contributed by atoms with Gasteiger partial charge in [-0.15, -0.1) is 0 Å². The Hall–Kier alpha value is -1.87. The van der Waals surface area contributed by atoms with Crippen LogP contribution in [-0.4, -0.2) is 34.5 Å². The monoisotopic (exact) mass is 284 g/mol. The van der Waals surface area contributed by atoms with Crippen molar-refractivity contribution in [1.29, 1.82) is 0 Å². The molecule has 0 aromatic carbocycles. The van der Waals surface area contributed by atoms with Crippen LogP contribution in [0, 0.1) is 0 Å². The minimum Gasteiger partial charge on any atom is -0.329 e. The molecular weight excluding hydrogens is 268 g/mol. The highest BCUT2D eigenvalue weighted by Gasteiger charge is 2.17. The van der Waals surface area contributed by atoms with Crippen molar-refractivity contribution in [2.75, 3.05) is 11.3 Å². The van der Waals surface area contributed by atoms with Crippen LogP contribution in [0.3, 0.4) is 0 Å². The van der Waals surface area contributed by atoms with Crippen LogP contribution in [0.4, 0.5) is 5.69 Å². The molecule has 19 heavy (non-hydrogen) atoms. The lowest BCUT2D eigenvalue weighted by molar-refractivity contribution is 0.599. The van der Waals surface area contributed by atoms with E-state index in [1.54, 1.807) is 10.9 Å². The molecule has 0 bridgehead atoms. The zero-order valence-corrected chi connectivity index (χ0v) is 11.3. The molecule has 2 heterocycles. The van der Waals surface area contributed by atoms with Crippen LogP contribution in [0.25, 0.3) is 0 Å². The summed E-state index contributed by atoms with van der Waals surface area (Å²) in [6.07, 6.45) is 5.83. The molecule has 0 aliphatic rings. The van der Waals surface area contributed by atoms with Crippen LogP contribution < -0.4 is 10.5 Å². The highest BCUT2D eigenvalue weighted by atomic mass is 32.2. The third kappa shape index (κ3) is 3.12. The minimum atomic E-state index is -3.63. The summed E-state index contributed by atoms with van der Waals surface area (Å²) in [6.45, 7) is 3.47. The van der Waals surface area contributed by atoms with Gasteiger partial charge >= 0.3 is 0 Å². The maximum Gasteiger partial charge on any atom is 0.265 e. The van der Waals surface area contributed by atoms with E-state index in [1.165, 1.54) is 23.3 Å². The van der Waals surface area contributed by atoms with Crippen LogP contribution in [0.2, 0.25) is 0 Å². The molecule has 3 N–H and O–H groups in total. The number of anilines is 1. The van der Waals surface area contributed by atoms with Gasteiger partial charge in [-0.2, -0.15) is 10.2 Å². The maximum atomic E-state index is 12.1. The van der Waals surface area contributed by atoms with Crippen LogP contribution >= 0.6 is 0 Å². The van der Waals surface area contributed by atoms with Gasteiger partial charge in [-0.05, 0) is 6.92 Å². The molecule has 0 amide bonds. The van der Waals surface area contributed by atoms with Gasteiger partial charge in [0.2, 0.25) is 0 Å². The number of rotatable bonds is 6. The normalized spacial score (nSPS) is 11.7. The fourth-order valence-electron chi connectivity index (χ4n) is 1.54. The molecular formula is C10H16N6O2S. The van der Waals surface area contributed by atoms with Gasteiger partial charge in [-0.25, -0.2) is 8.42 Å². The average molecular weight is 284 g/mol. The second-order valence-electron chi connectivity index (χ2n) is 3.92. The fourth-order valence-corrected chi connectivity index (χ4v) is 2.52. The SMILES string of the molecule is CCn1cc(NS(=O)(=O)c2cnn(CCN)c2)cn1. The third-order valence-electron chi connectivity index (χ3n) is 2.49. The zero-order chi connectivity index (χ0) is 13.9. The summed E-state index contributed by atoms with van der Waals surface area (Å²) in [6, 6.07) is 0. The number of aromatic nitrogens is 4. The molecule has 0 aliphatic carbocycles. The lowest BCUT2D eigenvalue weighted by Crippen LogP contribution is -2.12. The molecule has 0 aliphatic heterocycles. The molecule has 0 saturated carbocycles. The number of nitrogens with zero attached hydrogens (tertiary/aromatic N) is 4. The van der Waals surface area contributed by atoms with Gasteiger partial charge in [0, 0.05) is 25.5 Å². The molecule has 2 aromatic heterocycles. The Labute approximate surface area is 111 Å². The van der Waals surface area contributed by atoms with Crippen molar-refractivity contribution in [2.24, 2.45) is 5.73 Å². The fraction of sp³-hybridized carbons (Fsp3) is 0.400. The molecule has 8 nitrogen and oxygen atoms in total. The molecule has 0 atom stereocenters. The summed E-state index contributed by atoms with van der Waals surface area (Å²) in [5.41, 5.74) is 5.81. The molecule has 0 radical (unpaired) electrons. The predicted octanol–water partition coefficient (Wildman–Crippen LogP) is -0.141. The van der Waals surface area contributed by atoms with E-state index < -0.39 is 10.0 Å². The molecule has 0 fully saturated rings. The highest BCUT2D eigenvalue weighted by molar-refractivity contribution is 7.92. The number of hydrogen-bond donors (Lipinski definition) is 2. The molecule has 0 spiro atoms. The van der Waals surface area contributed by atoms with Crippen molar-refractivity contribution in [3.63, 3.8) is 0 Å². The van der Waals surface area contributed by atoms with E-state index in [-0.39, 0.29) is 4.90 Å². The Kier molecular flexibility index (Phi) is 3.86. The molecule has 2 rings (SSSR count). The number of nitrogens with one attached hydrogen (secondary N) is 1. The molecule has 104 valence electrons. The van der Waals surface area contributed by atoms with Crippen molar-refractivity contribution in [1.82, 2.24) is 19.6 Å². The number of nitrogens with two attached hydrogens (primary N) is 1. The standard InChI is InChI=1S/C10H16N6O2S/c1-2-15-7-9(5-12-15)14-19(17,18)10-6-13-16(8-10)4-3-11/h5-8,14H,2-4,11H2,1H3. The largest absolute Gasteiger partial charge is 0.329 e. The second kappa shape index (κ2) is 5.41. The quantitative estimate of drug-likeness (QED) is 0.767. The van der Waals surface area contributed by atoms with Crippen molar-refractivity contribution in [2.45, 2.75) is 24.9 Å². The van der Waals surface area contributed by atoms with Gasteiger partial charge in [-0.1, -0.05) is 0 Å². The first-order valence-corrected chi connectivity index (χ1v) is 7.31. The zero-order valence-electron chi connectivity index (χ0n) is 10.5. The van der Waals surface area contributed by atoms with Crippen LogP contribution in [0.1, 0.15) is 6.92 Å². The van der Waals surface area contributed by atoms with Gasteiger partial charge in [0.05, 0.1) is 24.6 Å². The van der Waals surface area contributed by atoms with Crippen LogP contribution in [-0.2, 0) is 23.1 Å². The van der Waals surface area contributed by atoms with Crippen LogP contribution in [0.15, 0.2) is 29.7 Å². The topological polar surface area (TPSA) is 108 Å². The van der Waals surface area contributed by atoms with E-state index >= 15 is 0 Å². The van der Waals surface area contributed by atoms with E-state index in [4.69, 9.17) is 5.73 Å². The number of hydrogen-bond acceptors (Lipinski definition) is 5. The summed E-state index contributed by atoms with van der Waals surface area (Å²) in [5.74, 6) is 0. The summed E-state index contributed by atoms with van der Waals surface area (Å²) in [5, 5.41) is 7.93. The van der Waals surface area contributed by atoms with E-state index in [2.05, 4.69) is 14.9 Å². The highest BCUT2D eigenvalue weighted by Crippen LogP contribution is 2.14. The number of aryl methyl sites for hydroxylation is 1. The summed E-state index contributed by atoms with van der Waals surface area (Å²) < 4.78 is 29.7. The van der Waals surface area contributed by atoms with Crippen molar-refractivity contribution in [3.05, 3.63) is 24.8 Å². The summed E-state index contributed by atoms with van der Waals surface area (Å²) in [7, 11) is -3.63. The van der Waals surface area contributed by atoms with Crippen molar-refractivity contribution < 1.29 is 8.42 Å². The van der Waals surface area contributed by atoms with E-state index in [1.807, 2.05) is 6.92 Å². The average Bonchev–Trinajstić information content (AvgIpc) is 2.98. The minimum absolute atomic E-state index is 0.102. The Morgan fingerprint density at radius 2 is 2.00 bits per heavy atom. The van der Waals surface area contributed by atoms with Gasteiger partial charge in [-0.3, -0.25) is 14.1 Å². The van der Waals surface area contributed by atoms with Gasteiger partial charge < -0.3 is 5.73 Å². The lowest BCUT2D eigenvalue weighted by Gasteiger charge is -2.02. The first-order chi connectivity index (χ1) is 9.05. The summed E-state index contributed by atoms with van der Waals surface area (Å²) >= 11 is 0. The van der Waals surface area contributed by atoms with Gasteiger partial charge in [0.1, 0.15) is 4.90 Å². The van der Waals surface area contributed by atoms with Crippen molar-refractivity contribution >= 4 is 15.7 Å². The van der Waals surface area contributed by atoms with E-state index in [9.17, 15) is 8.42 Å². The van der Waals surface area contributed by atoms with E-state index in [0.717, 1.165) is 0 Å². The summed E-state index contributed by atoms with van der Waals surface area (Å²) in [4.78, 5) is 0.102. The van der Waals surface area contributed by atoms with Gasteiger partial charge in [0.25, 0.3) is 10.0 Å². The van der Waals surface area contributed by atoms with Crippen LogP contribution in [0.5, 0.6) is 0 Å². The Morgan fingerprint density at radius 1 is 1.26 bits per heavy atom. The smallest absolute Gasteiger partial charge is 0.265 e. The molecule has 0 unspecified atom stereocenters. The molecule has 9 heteroatoms. The predicted molar refractivity (Wildman–Crippen MR) is 70.0 cm³/mol. The molecule has 2 aromatic rings. The Balaban J connectivity index is 2.16. The first kappa shape index (κ1) is 13.6. The van der Waals surface area contributed by atoms with E-state index in [0.29, 0.717) is 25.3 Å². The second-order valence-corrected chi connectivity index (χ2v) is 5.60. The van der Waals surface area contributed by atoms with Crippen molar-refractivity contribution in [3.8, 4) is 0 Å². The number of sulfonamides is 1. The molecule has 0 saturated heterocycles. The maximum absolute atomic E-state index is 12.1. The Morgan fingerprint density at radius 3 is 2.63 bits per heavy atom.